The molecule has 22 heavy (non-hydrogen) atoms. The average Bonchev–Trinajstić information content (AvgIpc) is 2.58. The van der Waals surface area contributed by atoms with E-state index in [-0.39, 0.29) is 12.5 Å². The summed E-state index contributed by atoms with van der Waals surface area (Å²) in [7, 11) is 0. The van der Waals surface area contributed by atoms with Gasteiger partial charge in [0.2, 0.25) is 0 Å². The molecule has 2 aromatic carbocycles. The summed E-state index contributed by atoms with van der Waals surface area (Å²) in [6, 6.07) is 18.9. The number of carbonyl (C=O) groups is 1. The van der Waals surface area contributed by atoms with E-state index >= 15 is 0 Å². The first-order chi connectivity index (χ1) is 10.7. The summed E-state index contributed by atoms with van der Waals surface area (Å²) in [5.74, 6) is -0.581. The van der Waals surface area contributed by atoms with Crippen molar-refractivity contribution in [2.45, 2.75) is 19.6 Å². The van der Waals surface area contributed by atoms with Crippen LogP contribution in [0.1, 0.15) is 24.2 Å². The van der Waals surface area contributed by atoms with E-state index in [9.17, 15) is 9.90 Å². The van der Waals surface area contributed by atoms with E-state index in [4.69, 9.17) is 4.74 Å². The molecule has 0 aliphatic carbocycles. The summed E-state index contributed by atoms with van der Waals surface area (Å²) in [5, 5.41) is 10.2. The van der Waals surface area contributed by atoms with Gasteiger partial charge in [0.05, 0.1) is 6.10 Å². The van der Waals surface area contributed by atoms with Crippen molar-refractivity contribution in [2.75, 3.05) is 0 Å². The molecule has 0 amide bonds. The summed E-state index contributed by atoms with van der Waals surface area (Å²) in [4.78, 5) is 11.7. The number of esters is 1. The van der Waals surface area contributed by atoms with Crippen LogP contribution >= 0.6 is 0 Å². The Morgan fingerprint density at radius 3 is 2.32 bits per heavy atom. The van der Waals surface area contributed by atoms with Crippen LogP contribution in [0.5, 0.6) is 0 Å². The zero-order chi connectivity index (χ0) is 15.8. The van der Waals surface area contributed by atoms with E-state index in [0.29, 0.717) is 0 Å². The molecule has 2 rings (SSSR count). The van der Waals surface area contributed by atoms with Gasteiger partial charge in [-0.05, 0) is 11.1 Å². The molecule has 0 radical (unpaired) electrons. The molecule has 0 bridgehead atoms. The summed E-state index contributed by atoms with van der Waals surface area (Å²) in [6.07, 6.45) is 2.41. The van der Waals surface area contributed by atoms with Crippen molar-refractivity contribution in [3.63, 3.8) is 0 Å². The Morgan fingerprint density at radius 1 is 1.09 bits per heavy atom. The molecule has 114 valence electrons. The highest BCUT2D eigenvalue weighted by Crippen LogP contribution is 2.22. The molecule has 0 aromatic heterocycles. The summed E-state index contributed by atoms with van der Waals surface area (Å²) < 4.78 is 5.16. The van der Waals surface area contributed by atoms with E-state index in [0.717, 1.165) is 11.1 Å². The van der Waals surface area contributed by atoms with Gasteiger partial charge in [0.15, 0.2) is 0 Å². The molecule has 0 aliphatic rings. The number of ether oxygens (including phenoxy) is 1. The average molecular weight is 296 g/mol. The second-order valence-corrected chi connectivity index (χ2v) is 5.17. The number of benzene rings is 2. The third kappa shape index (κ3) is 4.86. The zero-order valence-corrected chi connectivity index (χ0v) is 12.6. The van der Waals surface area contributed by atoms with Crippen molar-refractivity contribution in [1.29, 1.82) is 0 Å². The third-order valence-corrected chi connectivity index (χ3v) is 3.40. The minimum atomic E-state index is -0.639. The Labute approximate surface area is 130 Å². The Kier molecular flexibility index (Phi) is 5.92. The first-order valence-corrected chi connectivity index (χ1v) is 7.28. The minimum absolute atomic E-state index is 0.174. The molecule has 0 heterocycles. The van der Waals surface area contributed by atoms with E-state index in [2.05, 4.69) is 0 Å². The number of aliphatic hydroxyl groups excluding tert-OH is 1. The predicted molar refractivity (Wildman–Crippen MR) is 85.9 cm³/mol. The van der Waals surface area contributed by atoms with Gasteiger partial charge in [-0.2, -0.15) is 0 Å². The molecule has 0 saturated heterocycles. The highest BCUT2D eigenvalue weighted by molar-refractivity contribution is 5.81. The molecule has 0 aliphatic heterocycles. The third-order valence-electron chi connectivity index (χ3n) is 3.40. The molecular formula is C19H20O3. The number of carbonyl (C=O) groups excluding carboxylic acids is 1. The molecule has 2 atom stereocenters. The quantitative estimate of drug-likeness (QED) is 0.653. The zero-order valence-electron chi connectivity index (χ0n) is 12.6. The molecule has 0 unspecified atom stereocenters. The van der Waals surface area contributed by atoms with Crippen LogP contribution in [0.25, 0.3) is 0 Å². The number of hydrogen-bond donors (Lipinski definition) is 1. The van der Waals surface area contributed by atoms with Crippen LogP contribution < -0.4 is 0 Å². The van der Waals surface area contributed by atoms with Gasteiger partial charge in [0.1, 0.15) is 6.61 Å². The van der Waals surface area contributed by atoms with Crippen LogP contribution in [-0.2, 0) is 16.1 Å². The second kappa shape index (κ2) is 8.15. The smallest absolute Gasteiger partial charge is 0.330 e. The molecule has 0 saturated carbocycles. The van der Waals surface area contributed by atoms with Gasteiger partial charge in [-0.25, -0.2) is 4.79 Å². The molecule has 0 spiro atoms. The Bertz CT molecular complexity index is 605. The van der Waals surface area contributed by atoms with Crippen LogP contribution in [0.15, 0.2) is 72.8 Å². The van der Waals surface area contributed by atoms with Gasteiger partial charge in [-0.3, -0.25) is 0 Å². The van der Waals surface area contributed by atoms with Gasteiger partial charge >= 0.3 is 5.97 Å². The molecule has 3 nitrogen and oxygen atoms in total. The van der Waals surface area contributed by atoms with Crippen molar-refractivity contribution in [3.05, 3.63) is 83.9 Å². The minimum Gasteiger partial charge on any atom is -0.458 e. The van der Waals surface area contributed by atoms with E-state index in [1.54, 1.807) is 6.08 Å². The number of hydrogen-bond acceptors (Lipinski definition) is 3. The summed E-state index contributed by atoms with van der Waals surface area (Å²) in [6.45, 7) is 2.11. The standard InChI is InChI=1S/C19H20O3/c1-15(19(21)17-10-6-3-7-11-17)12-13-18(20)22-14-16-8-4-2-5-9-16/h2-13,15,19,21H,14H2,1H3/b13-12+/t15-,19-/m0/s1. The van der Waals surface area contributed by atoms with Crippen LogP contribution in [0.2, 0.25) is 0 Å². The fourth-order valence-electron chi connectivity index (χ4n) is 2.07. The SMILES string of the molecule is C[C@@H](/C=C/C(=O)OCc1ccccc1)[C@H](O)c1ccccc1. The fraction of sp³-hybridized carbons (Fsp3) is 0.211. The predicted octanol–water partition coefficient (Wildman–Crippen LogP) is 3.66. The van der Waals surface area contributed by atoms with Gasteiger partial charge in [0.25, 0.3) is 0 Å². The maximum atomic E-state index is 11.7. The summed E-state index contributed by atoms with van der Waals surface area (Å²) in [5.41, 5.74) is 1.78. The monoisotopic (exact) mass is 296 g/mol. The molecule has 0 fully saturated rings. The van der Waals surface area contributed by atoms with Crippen molar-refractivity contribution in [3.8, 4) is 0 Å². The van der Waals surface area contributed by atoms with Gasteiger partial charge in [-0.1, -0.05) is 73.7 Å². The Hall–Kier alpha value is -2.39. The van der Waals surface area contributed by atoms with Crippen LogP contribution in [-0.4, -0.2) is 11.1 Å². The van der Waals surface area contributed by atoms with Crippen molar-refractivity contribution in [2.24, 2.45) is 5.92 Å². The first kappa shape index (κ1) is 16.0. The maximum absolute atomic E-state index is 11.7. The number of rotatable bonds is 6. The molecule has 1 N–H and O–H groups in total. The van der Waals surface area contributed by atoms with Crippen molar-refractivity contribution < 1.29 is 14.6 Å². The van der Waals surface area contributed by atoms with E-state index in [1.165, 1.54) is 6.08 Å². The van der Waals surface area contributed by atoms with E-state index in [1.807, 2.05) is 67.6 Å². The first-order valence-electron chi connectivity index (χ1n) is 7.28. The lowest BCUT2D eigenvalue weighted by molar-refractivity contribution is -0.139. The normalized spacial score (nSPS) is 13.7. The number of aliphatic hydroxyl groups is 1. The van der Waals surface area contributed by atoms with Crippen molar-refractivity contribution in [1.82, 2.24) is 0 Å². The van der Waals surface area contributed by atoms with Crippen molar-refractivity contribution >= 4 is 5.97 Å². The lowest BCUT2D eigenvalue weighted by Crippen LogP contribution is -2.08. The van der Waals surface area contributed by atoms with Crippen LogP contribution in [0.3, 0.4) is 0 Å². The van der Waals surface area contributed by atoms with Gasteiger partial charge in [-0.15, -0.1) is 0 Å². The van der Waals surface area contributed by atoms with E-state index < -0.39 is 12.1 Å². The maximum Gasteiger partial charge on any atom is 0.330 e. The fourth-order valence-corrected chi connectivity index (χ4v) is 2.07. The van der Waals surface area contributed by atoms with Crippen LogP contribution in [0, 0.1) is 5.92 Å². The summed E-state index contributed by atoms with van der Waals surface area (Å²) >= 11 is 0. The Balaban J connectivity index is 1.84. The van der Waals surface area contributed by atoms with Gasteiger partial charge < -0.3 is 9.84 Å². The second-order valence-electron chi connectivity index (χ2n) is 5.17. The lowest BCUT2D eigenvalue weighted by Gasteiger charge is -2.15. The van der Waals surface area contributed by atoms with Crippen LogP contribution in [0.4, 0.5) is 0 Å². The molecule has 2 aromatic rings. The largest absolute Gasteiger partial charge is 0.458 e. The van der Waals surface area contributed by atoms with Gasteiger partial charge in [0, 0.05) is 12.0 Å². The Morgan fingerprint density at radius 2 is 1.68 bits per heavy atom. The highest BCUT2D eigenvalue weighted by atomic mass is 16.5. The topological polar surface area (TPSA) is 46.5 Å². The lowest BCUT2D eigenvalue weighted by atomic mass is 9.97. The molecular weight excluding hydrogens is 276 g/mol. The highest BCUT2D eigenvalue weighted by Gasteiger charge is 2.13. The molecule has 3 heteroatoms.